The van der Waals surface area contributed by atoms with E-state index >= 15 is 0 Å². The van der Waals surface area contributed by atoms with Crippen molar-refractivity contribution >= 4 is 5.97 Å². The van der Waals surface area contributed by atoms with Gasteiger partial charge >= 0.3 is 5.97 Å². The molecular weight excluding hydrogens is 320 g/mol. The van der Waals surface area contributed by atoms with Gasteiger partial charge in [-0.05, 0) is 24.3 Å². The van der Waals surface area contributed by atoms with Gasteiger partial charge in [0.2, 0.25) is 0 Å². The number of hydrogen-bond donors (Lipinski definition) is 2. The minimum atomic E-state index is -1.36. The highest BCUT2D eigenvalue weighted by Crippen LogP contribution is 2.59. The number of benzene rings is 3. The van der Waals surface area contributed by atoms with Crippen LogP contribution in [0.25, 0.3) is 0 Å². The largest absolute Gasteiger partial charge is 0.504 e. The van der Waals surface area contributed by atoms with Gasteiger partial charge in [0.15, 0.2) is 17.1 Å². The fourth-order valence-electron chi connectivity index (χ4n) is 3.69. The second-order valence-electron chi connectivity index (χ2n) is 6.02. The van der Waals surface area contributed by atoms with E-state index in [1.165, 1.54) is 6.07 Å². The zero-order valence-corrected chi connectivity index (χ0v) is 12.9. The van der Waals surface area contributed by atoms with E-state index in [1.54, 1.807) is 42.5 Å². The van der Waals surface area contributed by atoms with Crippen LogP contribution in [-0.2, 0) is 10.3 Å². The number of phenols is 2. The van der Waals surface area contributed by atoms with E-state index in [1.807, 2.05) is 12.1 Å². The van der Waals surface area contributed by atoms with E-state index in [0.29, 0.717) is 28.2 Å². The number of fused-ring (bicyclic) bond motifs is 6. The predicted molar refractivity (Wildman–Crippen MR) is 88.0 cm³/mol. The van der Waals surface area contributed by atoms with Crippen molar-refractivity contribution in [3.8, 4) is 23.0 Å². The molecule has 1 atom stereocenters. The normalized spacial score (nSPS) is 19.6. The quantitative estimate of drug-likeness (QED) is 0.485. The molecule has 0 saturated carbocycles. The minimum absolute atomic E-state index is 0.226. The molecule has 2 heterocycles. The van der Waals surface area contributed by atoms with Gasteiger partial charge in [-0.3, -0.25) is 0 Å². The molecule has 5 rings (SSSR count). The summed E-state index contributed by atoms with van der Waals surface area (Å²) in [6.45, 7) is 0. The highest BCUT2D eigenvalue weighted by atomic mass is 16.6. The molecular formula is C20H12O5. The lowest BCUT2D eigenvalue weighted by atomic mass is 9.77. The SMILES string of the molecule is O=C1OC2(c3ccccc3Oc3ccc(O)c(O)c32)c2ccccc21. The van der Waals surface area contributed by atoms with Crippen LogP contribution in [0.1, 0.15) is 27.0 Å². The number of rotatable bonds is 0. The van der Waals surface area contributed by atoms with Gasteiger partial charge in [-0.2, -0.15) is 0 Å². The van der Waals surface area contributed by atoms with Crippen LogP contribution in [0.3, 0.4) is 0 Å². The summed E-state index contributed by atoms with van der Waals surface area (Å²) >= 11 is 0. The summed E-state index contributed by atoms with van der Waals surface area (Å²) in [4.78, 5) is 12.5. The topological polar surface area (TPSA) is 76.0 Å². The van der Waals surface area contributed by atoms with Crippen molar-refractivity contribution in [2.45, 2.75) is 5.60 Å². The summed E-state index contributed by atoms with van der Waals surface area (Å²) < 4.78 is 11.7. The first kappa shape index (κ1) is 13.9. The van der Waals surface area contributed by atoms with Gasteiger partial charge in [0, 0.05) is 11.1 Å². The summed E-state index contributed by atoms with van der Waals surface area (Å²) in [7, 11) is 0. The molecule has 122 valence electrons. The second-order valence-corrected chi connectivity index (χ2v) is 6.02. The molecule has 25 heavy (non-hydrogen) atoms. The Morgan fingerprint density at radius 3 is 2.36 bits per heavy atom. The van der Waals surface area contributed by atoms with Gasteiger partial charge < -0.3 is 19.7 Å². The molecule has 0 radical (unpaired) electrons. The Hall–Kier alpha value is -3.47. The number of ether oxygens (including phenoxy) is 2. The van der Waals surface area contributed by atoms with Crippen LogP contribution in [-0.4, -0.2) is 16.2 Å². The van der Waals surface area contributed by atoms with Crippen LogP contribution in [0.5, 0.6) is 23.0 Å². The Kier molecular flexibility index (Phi) is 2.53. The zero-order chi connectivity index (χ0) is 17.2. The molecule has 0 saturated heterocycles. The number of carbonyl (C=O) groups is 1. The Labute approximate surface area is 142 Å². The first-order chi connectivity index (χ1) is 12.1. The average molecular weight is 332 g/mol. The third kappa shape index (κ3) is 1.59. The van der Waals surface area contributed by atoms with Crippen LogP contribution >= 0.6 is 0 Å². The Morgan fingerprint density at radius 1 is 0.800 bits per heavy atom. The Balaban J connectivity index is 1.96. The maximum absolute atomic E-state index is 12.5. The molecule has 1 unspecified atom stereocenters. The molecule has 1 spiro atoms. The molecule has 0 fully saturated rings. The molecule has 2 N–H and O–H groups in total. The Morgan fingerprint density at radius 2 is 1.52 bits per heavy atom. The van der Waals surface area contributed by atoms with E-state index in [2.05, 4.69) is 0 Å². The van der Waals surface area contributed by atoms with Crippen molar-refractivity contribution in [1.29, 1.82) is 0 Å². The first-order valence-electron chi connectivity index (χ1n) is 7.78. The Bertz CT molecular complexity index is 1060. The van der Waals surface area contributed by atoms with Crippen LogP contribution in [0.4, 0.5) is 0 Å². The van der Waals surface area contributed by atoms with Crippen molar-refractivity contribution in [3.63, 3.8) is 0 Å². The summed E-state index contributed by atoms with van der Waals surface area (Å²) in [5, 5.41) is 20.6. The smallest absolute Gasteiger partial charge is 0.340 e. The van der Waals surface area contributed by atoms with E-state index in [4.69, 9.17) is 9.47 Å². The van der Waals surface area contributed by atoms with E-state index < -0.39 is 11.6 Å². The third-order valence-corrected chi connectivity index (χ3v) is 4.73. The van der Waals surface area contributed by atoms with Crippen LogP contribution in [0, 0.1) is 0 Å². The fraction of sp³-hybridized carbons (Fsp3) is 0.0500. The van der Waals surface area contributed by atoms with Gasteiger partial charge in [0.25, 0.3) is 0 Å². The highest BCUT2D eigenvalue weighted by molar-refractivity contribution is 5.97. The lowest BCUT2D eigenvalue weighted by molar-refractivity contribution is 0.0216. The highest BCUT2D eigenvalue weighted by Gasteiger charge is 2.55. The van der Waals surface area contributed by atoms with Crippen molar-refractivity contribution in [2.75, 3.05) is 0 Å². The average Bonchev–Trinajstić information content (AvgIpc) is 2.92. The molecule has 2 aliphatic rings. The lowest BCUT2D eigenvalue weighted by Crippen LogP contribution is -2.33. The number of para-hydroxylation sites is 1. The van der Waals surface area contributed by atoms with Crippen LogP contribution < -0.4 is 4.74 Å². The van der Waals surface area contributed by atoms with E-state index in [-0.39, 0.29) is 17.1 Å². The molecule has 3 aromatic carbocycles. The summed E-state index contributed by atoms with van der Waals surface area (Å²) in [5.41, 5.74) is 0.498. The first-order valence-corrected chi connectivity index (χ1v) is 7.78. The molecule has 5 heteroatoms. The van der Waals surface area contributed by atoms with E-state index in [0.717, 1.165) is 0 Å². The van der Waals surface area contributed by atoms with Gasteiger partial charge in [-0.25, -0.2) is 4.79 Å². The molecule has 3 aromatic rings. The fourth-order valence-corrected chi connectivity index (χ4v) is 3.69. The second kappa shape index (κ2) is 4.54. The van der Waals surface area contributed by atoms with Crippen molar-refractivity contribution in [3.05, 3.63) is 82.9 Å². The van der Waals surface area contributed by atoms with Crippen molar-refractivity contribution < 1.29 is 24.5 Å². The summed E-state index contributed by atoms with van der Waals surface area (Å²) in [6, 6.07) is 17.1. The molecule has 2 aliphatic heterocycles. The number of hydrogen-bond acceptors (Lipinski definition) is 5. The molecule has 0 aromatic heterocycles. The minimum Gasteiger partial charge on any atom is -0.504 e. The number of carbonyl (C=O) groups excluding carboxylic acids is 1. The van der Waals surface area contributed by atoms with Crippen molar-refractivity contribution in [1.82, 2.24) is 0 Å². The van der Waals surface area contributed by atoms with Gasteiger partial charge in [0.1, 0.15) is 11.5 Å². The van der Waals surface area contributed by atoms with E-state index in [9.17, 15) is 15.0 Å². The zero-order valence-electron chi connectivity index (χ0n) is 12.9. The van der Waals surface area contributed by atoms with Gasteiger partial charge in [-0.15, -0.1) is 0 Å². The summed E-state index contributed by atoms with van der Waals surface area (Å²) in [6.07, 6.45) is 0. The molecule has 5 nitrogen and oxygen atoms in total. The number of esters is 1. The van der Waals surface area contributed by atoms with Gasteiger partial charge in [0.05, 0.1) is 11.1 Å². The standard InChI is InChI=1S/C20H12O5/c21-14-9-10-16-17(18(14)22)20(13-7-3-4-8-15(13)24-16)12-6-2-1-5-11(12)19(23)25-20/h1-10,21-22H. The van der Waals surface area contributed by atoms with Crippen LogP contribution in [0.15, 0.2) is 60.7 Å². The van der Waals surface area contributed by atoms with Gasteiger partial charge in [-0.1, -0.05) is 36.4 Å². The predicted octanol–water partition coefficient (Wildman–Crippen LogP) is 3.67. The number of aromatic hydroxyl groups is 2. The molecule has 0 aliphatic carbocycles. The van der Waals surface area contributed by atoms with Crippen LogP contribution in [0.2, 0.25) is 0 Å². The summed E-state index contributed by atoms with van der Waals surface area (Å²) in [5.74, 6) is -0.290. The maximum atomic E-state index is 12.5. The monoisotopic (exact) mass is 332 g/mol. The molecule has 0 amide bonds. The molecule has 0 bridgehead atoms. The number of phenolic OH excluding ortho intramolecular Hbond substituents is 2. The lowest BCUT2D eigenvalue weighted by Gasteiger charge is -2.36. The maximum Gasteiger partial charge on any atom is 0.340 e. The third-order valence-electron chi connectivity index (χ3n) is 4.73. The van der Waals surface area contributed by atoms with Crippen molar-refractivity contribution in [2.24, 2.45) is 0 Å².